The maximum absolute atomic E-state index is 13.6. The lowest BCUT2D eigenvalue weighted by molar-refractivity contribution is -0.144. The second-order valence-corrected chi connectivity index (χ2v) is 12.2. The van der Waals surface area contributed by atoms with Gasteiger partial charge in [-0.1, -0.05) is 32.9 Å². The molecule has 3 aliphatic rings. The molecule has 3 heterocycles. The second kappa shape index (κ2) is 11.2. The van der Waals surface area contributed by atoms with E-state index in [1.165, 1.54) is 12.8 Å². The highest BCUT2D eigenvalue weighted by Crippen LogP contribution is 2.39. The zero-order chi connectivity index (χ0) is 27.7. The molecule has 8 nitrogen and oxygen atoms in total. The van der Waals surface area contributed by atoms with Gasteiger partial charge >= 0.3 is 5.97 Å². The molecule has 0 bridgehead atoms. The van der Waals surface area contributed by atoms with Crippen LogP contribution in [0.2, 0.25) is 0 Å². The smallest absolute Gasteiger partial charge is 0.320 e. The van der Waals surface area contributed by atoms with Crippen LogP contribution in [-0.2, 0) is 28.0 Å². The number of hydrogen-bond donors (Lipinski definition) is 1. The summed E-state index contributed by atoms with van der Waals surface area (Å²) in [5.41, 5.74) is 5.72. The fourth-order valence-corrected chi connectivity index (χ4v) is 5.41. The summed E-state index contributed by atoms with van der Waals surface area (Å²) in [4.78, 5) is 36.6. The van der Waals surface area contributed by atoms with Crippen LogP contribution in [0.4, 0.5) is 0 Å². The number of nitrogens with zero attached hydrogens (tertiary/aromatic N) is 4. The number of piperazine rings is 1. The zero-order valence-electron chi connectivity index (χ0n) is 23.8. The molecule has 208 valence electrons. The molecule has 1 saturated heterocycles. The summed E-state index contributed by atoms with van der Waals surface area (Å²) in [6, 6.07) is 10.4. The van der Waals surface area contributed by atoms with E-state index in [-0.39, 0.29) is 23.7 Å². The number of ketones is 1. The maximum Gasteiger partial charge on any atom is 0.320 e. The van der Waals surface area contributed by atoms with Gasteiger partial charge < -0.3 is 9.64 Å². The van der Waals surface area contributed by atoms with Gasteiger partial charge in [-0.05, 0) is 54.5 Å². The molecule has 2 aromatic rings. The standard InChI is InChI=1S/C31H41N5O3/c1-5-39-28(38)20-35-12-10-34(11-13-35)17-21-14-24(16-25(15-21)31(2,3)4)27(37)19-36-18-23-8-9-26(22-6-7-22)33-29(23)30(36)32/h8-9,14-16,22,32H,5-7,10-13,17-20H2,1-4H3. The number of carbonyl (C=O) groups is 2. The summed E-state index contributed by atoms with van der Waals surface area (Å²) < 4.78 is 5.09. The van der Waals surface area contributed by atoms with Gasteiger partial charge in [-0.15, -0.1) is 0 Å². The van der Waals surface area contributed by atoms with Crippen LogP contribution in [0.5, 0.6) is 0 Å². The molecule has 39 heavy (non-hydrogen) atoms. The Morgan fingerprint density at radius 1 is 1.03 bits per heavy atom. The van der Waals surface area contributed by atoms with Crippen molar-refractivity contribution >= 4 is 17.6 Å². The third-order valence-corrected chi connectivity index (χ3v) is 7.94. The van der Waals surface area contributed by atoms with Crippen LogP contribution in [0.1, 0.15) is 84.9 Å². The number of fused-ring (bicyclic) bond motifs is 1. The van der Waals surface area contributed by atoms with Crippen LogP contribution < -0.4 is 0 Å². The molecular weight excluding hydrogens is 490 g/mol. The Morgan fingerprint density at radius 2 is 1.74 bits per heavy atom. The van der Waals surface area contributed by atoms with Crippen molar-refractivity contribution in [2.45, 2.75) is 65.0 Å². The molecule has 5 rings (SSSR count). The highest BCUT2D eigenvalue weighted by atomic mass is 16.5. The molecule has 0 atom stereocenters. The van der Waals surface area contributed by atoms with E-state index < -0.39 is 0 Å². The molecule has 1 aliphatic carbocycles. The van der Waals surface area contributed by atoms with Crippen molar-refractivity contribution in [3.63, 3.8) is 0 Å². The van der Waals surface area contributed by atoms with Gasteiger partial charge in [0.1, 0.15) is 11.5 Å². The molecule has 0 amide bonds. The minimum atomic E-state index is -0.166. The lowest BCUT2D eigenvalue weighted by Gasteiger charge is -2.34. The van der Waals surface area contributed by atoms with Gasteiger partial charge in [0.25, 0.3) is 0 Å². The van der Waals surface area contributed by atoms with Gasteiger partial charge in [0.2, 0.25) is 0 Å². The van der Waals surface area contributed by atoms with Gasteiger partial charge in [0, 0.05) is 62.0 Å². The molecule has 2 fully saturated rings. The van der Waals surface area contributed by atoms with Crippen LogP contribution in [0.25, 0.3) is 0 Å². The number of pyridine rings is 1. The first-order valence-corrected chi connectivity index (χ1v) is 14.2. The topological polar surface area (TPSA) is 89.8 Å². The predicted molar refractivity (Wildman–Crippen MR) is 151 cm³/mol. The van der Waals surface area contributed by atoms with E-state index in [1.807, 2.05) is 24.0 Å². The van der Waals surface area contributed by atoms with Crippen LogP contribution >= 0.6 is 0 Å². The molecule has 8 heteroatoms. The van der Waals surface area contributed by atoms with Crippen LogP contribution in [0.15, 0.2) is 30.3 Å². The largest absolute Gasteiger partial charge is 0.465 e. The lowest BCUT2D eigenvalue weighted by Crippen LogP contribution is -2.47. The number of carbonyl (C=O) groups excluding carboxylic acids is 2. The number of benzene rings is 1. The summed E-state index contributed by atoms with van der Waals surface area (Å²) in [5.74, 6) is 0.758. The summed E-state index contributed by atoms with van der Waals surface area (Å²) in [5, 5.41) is 8.71. The number of Topliss-reactive ketones (excluding diaryl/α,β-unsaturated/α-hetero) is 1. The molecule has 0 radical (unpaired) electrons. The van der Waals surface area contributed by atoms with Gasteiger partial charge in [-0.2, -0.15) is 0 Å². The van der Waals surface area contributed by atoms with E-state index >= 15 is 0 Å². The van der Waals surface area contributed by atoms with Crippen LogP contribution in [0, 0.1) is 5.41 Å². The minimum Gasteiger partial charge on any atom is -0.465 e. The van der Waals surface area contributed by atoms with Crippen LogP contribution in [0.3, 0.4) is 0 Å². The normalized spacial score (nSPS) is 18.4. The highest BCUT2D eigenvalue weighted by Gasteiger charge is 2.31. The number of rotatable bonds is 9. The van der Waals surface area contributed by atoms with E-state index in [1.54, 1.807) is 0 Å². The lowest BCUT2D eigenvalue weighted by atomic mass is 9.84. The average molecular weight is 532 g/mol. The van der Waals surface area contributed by atoms with E-state index in [0.29, 0.717) is 37.0 Å². The Labute approximate surface area is 231 Å². The van der Waals surface area contributed by atoms with Gasteiger partial charge in [0.15, 0.2) is 5.78 Å². The third-order valence-electron chi connectivity index (χ3n) is 7.94. The van der Waals surface area contributed by atoms with Crippen molar-refractivity contribution in [1.82, 2.24) is 19.7 Å². The molecule has 0 unspecified atom stereocenters. The first kappa shape index (κ1) is 27.5. The molecule has 2 aliphatic heterocycles. The number of hydrogen-bond acceptors (Lipinski definition) is 7. The van der Waals surface area contributed by atoms with Crippen molar-refractivity contribution < 1.29 is 14.3 Å². The number of amidine groups is 1. The first-order valence-electron chi connectivity index (χ1n) is 14.2. The Bertz CT molecular complexity index is 1260. The van der Waals surface area contributed by atoms with E-state index in [2.05, 4.69) is 48.8 Å². The Balaban J connectivity index is 1.26. The van der Waals surface area contributed by atoms with Gasteiger partial charge in [-0.25, -0.2) is 4.98 Å². The summed E-state index contributed by atoms with van der Waals surface area (Å²) in [6.07, 6.45) is 2.36. The Kier molecular flexibility index (Phi) is 7.87. The number of ether oxygens (including phenoxy) is 1. The molecular formula is C31H41N5O3. The van der Waals surface area contributed by atoms with Crippen molar-refractivity contribution in [2.75, 3.05) is 45.9 Å². The molecule has 0 spiro atoms. The second-order valence-electron chi connectivity index (χ2n) is 12.2. The number of nitrogens with one attached hydrogen (secondary N) is 1. The highest BCUT2D eigenvalue weighted by molar-refractivity contribution is 6.04. The fraction of sp³-hybridized carbons (Fsp3) is 0.548. The maximum atomic E-state index is 13.6. The van der Waals surface area contributed by atoms with Crippen molar-refractivity contribution in [1.29, 1.82) is 5.41 Å². The molecule has 1 saturated carbocycles. The van der Waals surface area contributed by atoms with E-state index in [4.69, 9.17) is 15.1 Å². The Hall–Kier alpha value is -3.10. The summed E-state index contributed by atoms with van der Waals surface area (Å²) in [6.45, 7) is 13.9. The van der Waals surface area contributed by atoms with Gasteiger partial charge in [0.05, 0.1) is 19.7 Å². The summed E-state index contributed by atoms with van der Waals surface area (Å²) >= 11 is 0. The zero-order valence-corrected chi connectivity index (χ0v) is 23.8. The molecule has 1 aromatic carbocycles. The van der Waals surface area contributed by atoms with Crippen molar-refractivity contribution in [3.8, 4) is 0 Å². The molecule has 1 N–H and O–H groups in total. The monoisotopic (exact) mass is 531 g/mol. The predicted octanol–water partition coefficient (Wildman–Crippen LogP) is 3.96. The third kappa shape index (κ3) is 6.56. The fourth-order valence-electron chi connectivity index (χ4n) is 5.41. The Morgan fingerprint density at radius 3 is 2.41 bits per heavy atom. The van der Waals surface area contributed by atoms with E-state index in [9.17, 15) is 9.59 Å². The number of aromatic nitrogens is 1. The SMILES string of the molecule is CCOC(=O)CN1CCN(Cc2cc(C(=O)CN3Cc4ccc(C5CC5)nc4C3=N)cc(C(C)(C)C)c2)CC1. The minimum absolute atomic E-state index is 0.0292. The van der Waals surface area contributed by atoms with Crippen molar-refractivity contribution in [2.24, 2.45) is 0 Å². The first-order chi connectivity index (χ1) is 18.6. The molecule has 1 aromatic heterocycles. The van der Waals surface area contributed by atoms with Gasteiger partial charge in [-0.3, -0.25) is 24.8 Å². The van der Waals surface area contributed by atoms with E-state index in [0.717, 1.165) is 60.8 Å². The summed E-state index contributed by atoms with van der Waals surface area (Å²) in [7, 11) is 0. The van der Waals surface area contributed by atoms with Crippen LogP contribution in [-0.4, -0.2) is 83.1 Å². The van der Waals surface area contributed by atoms with Crippen molar-refractivity contribution in [3.05, 3.63) is 64.0 Å². The number of esters is 1. The quantitative estimate of drug-likeness (QED) is 0.387. The average Bonchev–Trinajstić information content (AvgIpc) is 3.70.